The van der Waals surface area contributed by atoms with E-state index in [9.17, 15) is 9.59 Å². The Balaban J connectivity index is 1.25. The first-order chi connectivity index (χ1) is 20.4. The third kappa shape index (κ3) is 6.96. The molecule has 3 aromatic carbocycles. The molecule has 4 aromatic rings. The van der Waals surface area contributed by atoms with Gasteiger partial charge in [-0.1, -0.05) is 18.2 Å². The molecule has 0 spiro atoms. The first-order valence-electron chi connectivity index (χ1n) is 13.9. The van der Waals surface area contributed by atoms with Crippen molar-refractivity contribution >= 4 is 28.5 Å². The lowest BCUT2D eigenvalue weighted by Gasteiger charge is -2.25. The number of hydrogen-bond donors (Lipinski definition) is 3. The SMILES string of the molecule is COc1cc2c(Oc3ccc(NC(=O)c4ccccc4)cc3)ccnc2cc1OCC1CCCN1CC[C@H](N)C(=O)O. The van der Waals surface area contributed by atoms with Gasteiger partial charge in [-0.15, -0.1) is 0 Å². The maximum atomic E-state index is 12.4. The van der Waals surface area contributed by atoms with Crippen LogP contribution < -0.4 is 25.3 Å². The Morgan fingerprint density at radius 2 is 1.86 bits per heavy atom. The summed E-state index contributed by atoms with van der Waals surface area (Å²) >= 11 is 0. The van der Waals surface area contributed by atoms with Crippen molar-refractivity contribution in [2.75, 3.05) is 32.1 Å². The molecule has 10 nitrogen and oxygen atoms in total. The molecule has 2 heterocycles. The maximum Gasteiger partial charge on any atom is 0.320 e. The minimum absolute atomic E-state index is 0.162. The van der Waals surface area contributed by atoms with Gasteiger partial charge in [-0.2, -0.15) is 0 Å². The number of pyridine rings is 1. The molecule has 42 heavy (non-hydrogen) atoms. The van der Waals surface area contributed by atoms with Gasteiger partial charge in [-0.25, -0.2) is 0 Å². The number of carbonyl (C=O) groups excluding carboxylic acids is 1. The number of hydrogen-bond acceptors (Lipinski definition) is 8. The summed E-state index contributed by atoms with van der Waals surface area (Å²) in [6.45, 7) is 1.93. The zero-order chi connectivity index (χ0) is 29.5. The second-order valence-electron chi connectivity index (χ2n) is 10.2. The Morgan fingerprint density at radius 1 is 1.07 bits per heavy atom. The number of nitrogens with two attached hydrogens (primary N) is 1. The molecule has 1 amide bonds. The molecule has 1 aliphatic heterocycles. The average molecular weight is 571 g/mol. The highest BCUT2D eigenvalue weighted by Gasteiger charge is 2.26. The molecule has 2 atom stereocenters. The highest BCUT2D eigenvalue weighted by molar-refractivity contribution is 6.04. The second kappa shape index (κ2) is 13.3. The van der Waals surface area contributed by atoms with Crippen LogP contribution in [0.1, 0.15) is 29.6 Å². The summed E-state index contributed by atoms with van der Waals surface area (Å²) in [5, 5.41) is 12.7. The molecule has 1 aromatic heterocycles. The number of carbonyl (C=O) groups is 2. The van der Waals surface area contributed by atoms with Crippen molar-refractivity contribution in [3.8, 4) is 23.0 Å². The predicted molar refractivity (Wildman–Crippen MR) is 160 cm³/mol. The van der Waals surface area contributed by atoms with Crippen molar-refractivity contribution < 1.29 is 28.9 Å². The van der Waals surface area contributed by atoms with E-state index in [1.807, 2.05) is 30.3 Å². The average Bonchev–Trinajstić information content (AvgIpc) is 3.47. The van der Waals surface area contributed by atoms with Crippen molar-refractivity contribution in [3.05, 3.63) is 84.6 Å². The van der Waals surface area contributed by atoms with Gasteiger partial charge in [0.05, 0.1) is 12.6 Å². The second-order valence-corrected chi connectivity index (χ2v) is 10.2. The molecular formula is C32H34N4O6. The van der Waals surface area contributed by atoms with Gasteiger partial charge in [-0.3, -0.25) is 19.5 Å². The Morgan fingerprint density at radius 3 is 2.60 bits per heavy atom. The fourth-order valence-corrected chi connectivity index (χ4v) is 5.01. The number of aliphatic carboxylic acids is 1. The number of likely N-dealkylation sites (tertiary alicyclic amines) is 1. The van der Waals surface area contributed by atoms with E-state index in [4.69, 9.17) is 25.1 Å². The normalized spacial score (nSPS) is 15.7. The largest absolute Gasteiger partial charge is 0.493 e. The first kappa shape index (κ1) is 28.8. The van der Waals surface area contributed by atoms with Gasteiger partial charge in [0.1, 0.15) is 24.1 Å². The highest BCUT2D eigenvalue weighted by atomic mass is 16.5. The number of aromatic nitrogens is 1. The van der Waals surface area contributed by atoms with Gasteiger partial charge in [0.15, 0.2) is 11.5 Å². The summed E-state index contributed by atoms with van der Waals surface area (Å²) < 4.78 is 18.0. The maximum absolute atomic E-state index is 12.4. The van der Waals surface area contributed by atoms with Crippen LogP contribution in [0.2, 0.25) is 0 Å². The topological polar surface area (TPSA) is 136 Å². The lowest BCUT2D eigenvalue weighted by atomic mass is 10.1. The molecule has 1 aliphatic rings. The van der Waals surface area contributed by atoms with E-state index in [1.54, 1.807) is 55.8 Å². The summed E-state index contributed by atoms with van der Waals surface area (Å²) in [5.41, 5.74) is 7.62. The van der Waals surface area contributed by atoms with E-state index in [0.29, 0.717) is 59.3 Å². The summed E-state index contributed by atoms with van der Waals surface area (Å²) in [4.78, 5) is 30.3. The Labute approximate surface area is 244 Å². The Hall–Kier alpha value is -4.67. The predicted octanol–water partition coefficient (Wildman–Crippen LogP) is 4.93. The number of carboxylic acid groups (broad SMARTS) is 1. The van der Waals surface area contributed by atoms with Crippen LogP contribution in [0.4, 0.5) is 5.69 Å². The Bertz CT molecular complexity index is 1530. The number of nitrogens with zero attached hydrogens (tertiary/aromatic N) is 2. The Kier molecular flexibility index (Phi) is 9.15. The monoisotopic (exact) mass is 570 g/mol. The summed E-state index contributed by atoms with van der Waals surface area (Å²) in [6, 6.07) is 20.9. The molecule has 4 N–H and O–H groups in total. The van der Waals surface area contributed by atoms with E-state index >= 15 is 0 Å². The van der Waals surface area contributed by atoms with Crippen LogP contribution in [-0.2, 0) is 4.79 Å². The fourth-order valence-electron chi connectivity index (χ4n) is 5.01. The van der Waals surface area contributed by atoms with Crippen molar-refractivity contribution in [2.24, 2.45) is 5.73 Å². The van der Waals surface area contributed by atoms with Gasteiger partial charge in [-0.05, 0) is 74.3 Å². The lowest BCUT2D eigenvalue weighted by molar-refractivity contribution is -0.138. The number of amides is 1. The van der Waals surface area contributed by atoms with Crippen LogP contribution in [0.5, 0.6) is 23.0 Å². The highest BCUT2D eigenvalue weighted by Crippen LogP contribution is 2.37. The number of carboxylic acids is 1. The van der Waals surface area contributed by atoms with Crippen molar-refractivity contribution in [2.45, 2.75) is 31.3 Å². The molecule has 1 saturated heterocycles. The number of rotatable bonds is 12. The molecule has 0 saturated carbocycles. The van der Waals surface area contributed by atoms with E-state index < -0.39 is 12.0 Å². The smallest absolute Gasteiger partial charge is 0.320 e. The van der Waals surface area contributed by atoms with Crippen LogP contribution >= 0.6 is 0 Å². The van der Waals surface area contributed by atoms with Gasteiger partial charge in [0.2, 0.25) is 0 Å². The number of nitrogens with one attached hydrogen (secondary N) is 1. The number of methoxy groups -OCH3 is 1. The lowest BCUT2D eigenvalue weighted by Crippen LogP contribution is -2.39. The number of ether oxygens (including phenoxy) is 3. The summed E-state index contributed by atoms with van der Waals surface area (Å²) in [6.07, 6.45) is 4.05. The van der Waals surface area contributed by atoms with Crippen LogP contribution in [0.3, 0.4) is 0 Å². The molecule has 0 radical (unpaired) electrons. The van der Waals surface area contributed by atoms with Crippen LogP contribution in [0.15, 0.2) is 79.0 Å². The van der Waals surface area contributed by atoms with Crippen LogP contribution in [0.25, 0.3) is 10.9 Å². The first-order valence-corrected chi connectivity index (χ1v) is 13.9. The number of anilines is 1. The van der Waals surface area contributed by atoms with Gasteiger partial charge >= 0.3 is 5.97 Å². The van der Waals surface area contributed by atoms with Crippen LogP contribution in [-0.4, -0.2) is 65.8 Å². The minimum atomic E-state index is -0.983. The summed E-state index contributed by atoms with van der Waals surface area (Å²) in [5.74, 6) is 1.16. The third-order valence-electron chi connectivity index (χ3n) is 7.34. The molecule has 10 heteroatoms. The van der Waals surface area contributed by atoms with Crippen molar-refractivity contribution in [3.63, 3.8) is 0 Å². The molecule has 0 bridgehead atoms. The van der Waals surface area contributed by atoms with E-state index in [0.717, 1.165) is 24.8 Å². The fraction of sp³-hybridized carbons (Fsp3) is 0.281. The standard InChI is InChI=1S/C32H34N4O6/c1-40-29-18-25-27(19-30(29)41-20-23-8-5-16-36(23)17-14-26(33)32(38)39)34-15-13-28(25)42-24-11-9-22(10-12-24)35-31(37)21-6-3-2-4-7-21/h2-4,6-7,9-13,15,18-19,23,26H,5,8,14,16-17,20,33H2,1H3,(H,35,37)(H,38,39)/t23?,26-/m0/s1. The molecule has 5 rings (SSSR count). The zero-order valence-electron chi connectivity index (χ0n) is 23.4. The van der Waals surface area contributed by atoms with Crippen LogP contribution in [0, 0.1) is 0 Å². The molecule has 1 fully saturated rings. The zero-order valence-corrected chi connectivity index (χ0v) is 23.4. The van der Waals surface area contributed by atoms with Crippen molar-refractivity contribution in [1.82, 2.24) is 9.88 Å². The van der Waals surface area contributed by atoms with E-state index in [1.165, 1.54) is 0 Å². The molecular weight excluding hydrogens is 536 g/mol. The third-order valence-corrected chi connectivity index (χ3v) is 7.34. The van der Waals surface area contributed by atoms with E-state index in [2.05, 4.69) is 15.2 Å². The quantitative estimate of drug-likeness (QED) is 0.216. The molecule has 218 valence electrons. The molecule has 0 aliphatic carbocycles. The number of fused-ring (bicyclic) bond motifs is 1. The summed E-state index contributed by atoms with van der Waals surface area (Å²) in [7, 11) is 1.59. The van der Waals surface area contributed by atoms with Gasteiger partial charge < -0.3 is 30.4 Å². The number of benzene rings is 3. The van der Waals surface area contributed by atoms with E-state index in [-0.39, 0.29) is 11.9 Å². The molecule has 1 unspecified atom stereocenters. The van der Waals surface area contributed by atoms with Crippen molar-refractivity contribution in [1.29, 1.82) is 0 Å². The minimum Gasteiger partial charge on any atom is -0.493 e. The van der Waals surface area contributed by atoms with Gasteiger partial charge in [0, 0.05) is 41.5 Å². The van der Waals surface area contributed by atoms with Gasteiger partial charge in [0.25, 0.3) is 5.91 Å².